The molecule has 2 aromatic rings. The first-order valence-electron chi connectivity index (χ1n) is 6.33. The Kier molecular flexibility index (Phi) is 4.58. The van der Waals surface area contributed by atoms with Crippen LogP contribution in [-0.2, 0) is 6.54 Å². The number of nitrogens with one attached hydrogen (secondary N) is 1. The van der Waals surface area contributed by atoms with Crippen LogP contribution in [0.3, 0.4) is 0 Å². The monoisotopic (exact) mass is 325 g/mol. The third-order valence-corrected chi connectivity index (χ3v) is 3.75. The van der Waals surface area contributed by atoms with Gasteiger partial charge in [-0.05, 0) is 53.5 Å². The number of anilines is 1. The molecule has 102 valence electrons. The zero-order chi connectivity index (χ0) is 13.8. The lowest BCUT2D eigenvalue weighted by Crippen LogP contribution is -2.06. The second kappa shape index (κ2) is 6.19. The Hall–Kier alpha value is -1.36. The highest BCUT2D eigenvalue weighted by Crippen LogP contribution is 2.23. The maximum atomic E-state index is 13.0. The van der Waals surface area contributed by atoms with E-state index in [1.54, 1.807) is 6.07 Å². The van der Waals surface area contributed by atoms with E-state index in [0.717, 1.165) is 17.8 Å². The molecule has 0 aliphatic carbocycles. The molecule has 2 rings (SSSR count). The maximum Gasteiger partial charge on any atom is 0.124 e. The Labute approximate surface area is 121 Å². The molecule has 1 heterocycles. The number of rotatable bonds is 5. The maximum absolute atomic E-state index is 13.0. The molecule has 0 aliphatic heterocycles. The average Bonchev–Trinajstić information content (AvgIpc) is 2.85. The minimum absolute atomic E-state index is 0.251. The number of nitrogens with zero attached hydrogens (tertiary/aromatic N) is 2. The van der Waals surface area contributed by atoms with Gasteiger partial charge in [0.25, 0.3) is 0 Å². The van der Waals surface area contributed by atoms with Crippen molar-refractivity contribution in [2.24, 2.45) is 0 Å². The lowest BCUT2D eigenvalue weighted by molar-refractivity contribution is 0.474. The number of hydrogen-bond donors (Lipinski definition) is 1. The van der Waals surface area contributed by atoms with Crippen molar-refractivity contribution in [1.82, 2.24) is 9.78 Å². The van der Waals surface area contributed by atoms with E-state index < -0.39 is 0 Å². The summed E-state index contributed by atoms with van der Waals surface area (Å²) in [5, 5.41) is 7.75. The van der Waals surface area contributed by atoms with Crippen LogP contribution in [0.2, 0.25) is 0 Å². The number of halogens is 2. The summed E-state index contributed by atoms with van der Waals surface area (Å²) >= 11 is 3.33. The van der Waals surface area contributed by atoms with Gasteiger partial charge < -0.3 is 5.32 Å². The van der Waals surface area contributed by atoms with E-state index in [1.165, 1.54) is 12.1 Å². The van der Waals surface area contributed by atoms with Crippen LogP contribution in [0.4, 0.5) is 10.1 Å². The normalized spacial score (nSPS) is 12.4. The van der Waals surface area contributed by atoms with E-state index in [9.17, 15) is 4.39 Å². The van der Waals surface area contributed by atoms with Crippen molar-refractivity contribution in [3.05, 3.63) is 46.4 Å². The van der Waals surface area contributed by atoms with Crippen molar-refractivity contribution in [2.75, 3.05) is 5.32 Å². The Morgan fingerprint density at radius 3 is 2.89 bits per heavy atom. The van der Waals surface area contributed by atoms with Gasteiger partial charge in [0, 0.05) is 22.4 Å². The van der Waals surface area contributed by atoms with Crippen molar-refractivity contribution in [1.29, 1.82) is 0 Å². The fourth-order valence-electron chi connectivity index (χ4n) is 1.72. The summed E-state index contributed by atoms with van der Waals surface area (Å²) in [4.78, 5) is 0. The van der Waals surface area contributed by atoms with Crippen molar-refractivity contribution in [2.45, 2.75) is 32.9 Å². The lowest BCUT2D eigenvalue weighted by atomic mass is 10.3. The third-order valence-electron chi connectivity index (χ3n) is 3.10. The predicted molar refractivity (Wildman–Crippen MR) is 78.7 cm³/mol. The second-order valence-electron chi connectivity index (χ2n) is 4.52. The molecule has 3 nitrogen and oxygen atoms in total. The number of hydrogen-bond acceptors (Lipinski definition) is 2. The first-order chi connectivity index (χ1) is 9.10. The molecule has 0 radical (unpaired) electrons. The summed E-state index contributed by atoms with van der Waals surface area (Å²) < 4.78 is 15.7. The molecule has 5 heteroatoms. The molecule has 1 atom stereocenters. The zero-order valence-electron chi connectivity index (χ0n) is 11.0. The van der Waals surface area contributed by atoms with Gasteiger partial charge in [0.2, 0.25) is 0 Å². The first kappa shape index (κ1) is 14.1. The topological polar surface area (TPSA) is 29.9 Å². The van der Waals surface area contributed by atoms with E-state index in [4.69, 9.17) is 0 Å². The van der Waals surface area contributed by atoms with Gasteiger partial charge in [-0.2, -0.15) is 5.10 Å². The highest BCUT2D eigenvalue weighted by Gasteiger charge is 2.05. The summed E-state index contributed by atoms with van der Waals surface area (Å²) in [6.45, 7) is 4.90. The van der Waals surface area contributed by atoms with E-state index >= 15 is 0 Å². The Balaban J connectivity index is 2.00. The standard InChI is InChI=1S/C14H17BrFN3/c1-3-10(2)19-7-6-12(18-19)9-17-14-5-4-11(16)8-13(14)15/h4-8,10,17H,3,9H2,1-2H3. The van der Waals surface area contributed by atoms with Crippen LogP contribution in [0.15, 0.2) is 34.9 Å². The SMILES string of the molecule is CCC(C)n1ccc(CNc2ccc(F)cc2Br)n1. The molecule has 1 N–H and O–H groups in total. The van der Waals surface area contributed by atoms with Crippen LogP contribution in [0, 0.1) is 5.82 Å². The fourth-order valence-corrected chi connectivity index (χ4v) is 2.21. The molecule has 0 spiro atoms. The summed E-state index contributed by atoms with van der Waals surface area (Å²) in [5.74, 6) is -0.251. The summed E-state index contributed by atoms with van der Waals surface area (Å²) in [6, 6.07) is 7.00. The van der Waals surface area contributed by atoms with Gasteiger partial charge in [0.1, 0.15) is 5.82 Å². The average molecular weight is 326 g/mol. The van der Waals surface area contributed by atoms with Gasteiger partial charge in [-0.1, -0.05) is 6.92 Å². The molecular formula is C14H17BrFN3. The second-order valence-corrected chi connectivity index (χ2v) is 5.38. The number of aromatic nitrogens is 2. The van der Waals surface area contributed by atoms with Gasteiger partial charge in [-0.15, -0.1) is 0 Å². The molecule has 1 aromatic carbocycles. The zero-order valence-corrected chi connectivity index (χ0v) is 12.6. The van der Waals surface area contributed by atoms with E-state index in [-0.39, 0.29) is 5.82 Å². The smallest absolute Gasteiger partial charge is 0.124 e. The quantitative estimate of drug-likeness (QED) is 0.884. The highest BCUT2D eigenvalue weighted by molar-refractivity contribution is 9.10. The number of benzene rings is 1. The van der Waals surface area contributed by atoms with E-state index in [1.807, 2.05) is 16.9 Å². The molecule has 0 fully saturated rings. The van der Waals surface area contributed by atoms with Crippen LogP contribution in [0.1, 0.15) is 32.0 Å². The van der Waals surface area contributed by atoms with Gasteiger partial charge in [-0.3, -0.25) is 4.68 Å². The summed E-state index contributed by atoms with van der Waals surface area (Å²) in [6.07, 6.45) is 3.04. The molecule has 0 saturated heterocycles. The van der Waals surface area contributed by atoms with Crippen LogP contribution in [0.5, 0.6) is 0 Å². The first-order valence-corrected chi connectivity index (χ1v) is 7.12. The summed E-state index contributed by atoms with van der Waals surface area (Å²) in [5.41, 5.74) is 1.83. The summed E-state index contributed by atoms with van der Waals surface area (Å²) in [7, 11) is 0. The van der Waals surface area contributed by atoms with Crippen molar-refractivity contribution in [3.63, 3.8) is 0 Å². The van der Waals surface area contributed by atoms with Crippen LogP contribution in [-0.4, -0.2) is 9.78 Å². The van der Waals surface area contributed by atoms with Crippen LogP contribution < -0.4 is 5.32 Å². The van der Waals surface area contributed by atoms with Gasteiger partial charge in [0.15, 0.2) is 0 Å². The molecule has 1 unspecified atom stereocenters. The predicted octanol–water partition coefficient (Wildman–Crippen LogP) is 4.37. The Morgan fingerprint density at radius 2 is 2.21 bits per heavy atom. The van der Waals surface area contributed by atoms with Gasteiger partial charge in [-0.25, -0.2) is 4.39 Å². The Morgan fingerprint density at radius 1 is 1.42 bits per heavy atom. The Bertz CT molecular complexity index is 553. The van der Waals surface area contributed by atoms with Crippen molar-refractivity contribution < 1.29 is 4.39 Å². The minimum Gasteiger partial charge on any atom is -0.378 e. The molecular weight excluding hydrogens is 309 g/mol. The molecule has 0 amide bonds. The van der Waals surface area contributed by atoms with Gasteiger partial charge in [0.05, 0.1) is 12.2 Å². The van der Waals surface area contributed by atoms with E-state index in [0.29, 0.717) is 17.1 Å². The molecule has 0 bridgehead atoms. The lowest BCUT2D eigenvalue weighted by Gasteiger charge is -2.09. The van der Waals surface area contributed by atoms with Crippen molar-refractivity contribution >= 4 is 21.6 Å². The molecule has 0 saturated carbocycles. The van der Waals surface area contributed by atoms with E-state index in [2.05, 4.69) is 40.2 Å². The fraction of sp³-hybridized carbons (Fsp3) is 0.357. The minimum atomic E-state index is -0.251. The van der Waals surface area contributed by atoms with Crippen LogP contribution >= 0.6 is 15.9 Å². The molecule has 1 aromatic heterocycles. The van der Waals surface area contributed by atoms with Crippen LogP contribution in [0.25, 0.3) is 0 Å². The molecule has 0 aliphatic rings. The largest absolute Gasteiger partial charge is 0.378 e. The van der Waals surface area contributed by atoms with Gasteiger partial charge >= 0.3 is 0 Å². The third kappa shape index (κ3) is 3.56. The molecule has 19 heavy (non-hydrogen) atoms. The highest BCUT2D eigenvalue weighted by atomic mass is 79.9. The van der Waals surface area contributed by atoms with Crippen molar-refractivity contribution in [3.8, 4) is 0 Å².